The van der Waals surface area contributed by atoms with Crippen LogP contribution in [0.2, 0.25) is 0 Å². The van der Waals surface area contributed by atoms with Crippen molar-refractivity contribution in [3.8, 4) is 0 Å². The van der Waals surface area contributed by atoms with E-state index in [4.69, 9.17) is 10.2 Å². The number of hydrogen-bond donors (Lipinski definition) is 1. The van der Waals surface area contributed by atoms with E-state index in [2.05, 4.69) is 6.92 Å². The van der Waals surface area contributed by atoms with E-state index in [-0.39, 0.29) is 6.04 Å². The third kappa shape index (κ3) is 3.97. The molecule has 0 fully saturated rings. The van der Waals surface area contributed by atoms with Gasteiger partial charge in [0.15, 0.2) is 0 Å². The van der Waals surface area contributed by atoms with Gasteiger partial charge in [-0.05, 0) is 12.5 Å². The van der Waals surface area contributed by atoms with Crippen molar-refractivity contribution >= 4 is 0 Å². The Morgan fingerprint density at radius 2 is 2.07 bits per heavy atom. The quantitative estimate of drug-likeness (QED) is 0.675. The molecular formula is C12H21NO. The number of hydrogen-bond acceptors (Lipinski definition) is 2. The van der Waals surface area contributed by atoms with Crippen LogP contribution in [0.25, 0.3) is 0 Å². The first-order valence-corrected chi connectivity index (χ1v) is 5.62. The van der Waals surface area contributed by atoms with Crippen LogP contribution >= 0.6 is 0 Å². The summed E-state index contributed by atoms with van der Waals surface area (Å²) in [5, 5.41) is 0. The topological polar surface area (TPSA) is 39.2 Å². The zero-order chi connectivity index (χ0) is 10.2. The summed E-state index contributed by atoms with van der Waals surface area (Å²) in [7, 11) is 0. The molecule has 2 nitrogen and oxygen atoms in total. The normalized spacial score (nSPS) is 13.0. The first kappa shape index (κ1) is 11.3. The molecule has 1 atom stereocenters. The Morgan fingerprint density at radius 3 is 2.71 bits per heavy atom. The fraction of sp³-hybridized carbons (Fsp3) is 0.667. The van der Waals surface area contributed by atoms with Crippen molar-refractivity contribution < 1.29 is 4.42 Å². The minimum atomic E-state index is 0.162. The van der Waals surface area contributed by atoms with Crippen molar-refractivity contribution in [2.45, 2.75) is 51.5 Å². The molecule has 0 amide bonds. The first-order chi connectivity index (χ1) is 6.84. The van der Waals surface area contributed by atoms with E-state index in [0.717, 1.165) is 12.0 Å². The maximum absolute atomic E-state index is 5.99. The van der Waals surface area contributed by atoms with Crippen molar-refractivity contribution in [1.82, 2.24) is 0 Å². The molecule has 1 unspecified atom stereocenters. The van der Waals surface area contributed by atoms with Crippen LogP contribution in [0, 0.1) is 0 Å². The van der Waals surface area contributed by atoms with Crippen molar-refractivity contribution in [2.75, 3.05) is 0 Å². The average Bonchev–Trinajstić information content (AvgIpc) is 2.70. The molecule has 0 aliphatic heterocycles. The van der Waals surface area contributed by atoms with Gasteiger partial charge in [0.05, 0.1) is 12.5 Å². The molecule has 1 aromatic rings. The van der Waals surface area contributed by atoms with Crippen LogP contribution in [0.15, 0.2) is 23.0 Å². The fourth-order valence-electron chi connectivity index (χ4n) is 1.62. The molecule has 0 aromatic carbocycles. The van der Waals surface area contributed by atoms with Gasteiger partial charge in [-0.1, -0.05) is 39.0 Å². The third-order valence-corrected chi connectivity index (χ3v) is 2.59. The van der Waals surface area contributed by atoms with Crippen molar-refractivity contribution in [1.29, 1.82) is 0 Å². The van der Waals surface area contributed by atoms with Gasteiger partial charge in [-0.2, -0.15) is 0 Å². The third-order valence-electron chi connectivity index (χ3n) is 2.59. The van der Waals surface area contributed by atoms with Gasteiger partial charge in [-0.15, -0.1) is 0 Å². The molecule has 0 aliphatic carbocycles. The molecule has 80 valence electrons. The molecule has 0 saturated carbocycles. The highest BCUT2D eigenvalue weighted by Gasteiger charge is 2.05. The highest BCUT2D eigenvalue weighted by Crippen LogP contribution is 2.17. The van der Waals surface area contributed by atoms with Gasteiger partial charge in [-0.3, -0.25) is 0 Å². The van der Waals surface area contributed by atoms with Gasteiger partial charge in [0.25, 0.3) is 0 Å². The second kappa shape index (κ2) is 6.66. The SMILES string of the molecule is CCCCCCCC(N)c1ccoc1. The Balaban J connectivity index is 2.07. The average molecular weight is 195 g/mol. The molecule has 0 bridgehead atoms. The zero-order valence-electron chi connectivity index (χ0n) is 9.04. The summed E-state index contributed by atoms with van der Waals surface area (Å²) in [6.07, 6.45) is 11.0. The van der Waals surface area contributed by atoms with Gasteiger partial charge in [0.2, 0.25) is 0 Å². The van der Waals surface area contributed by atoms with Crippen LogP contribution in [0.4, 0.5) is 0 Å². The predicted molar refractivity (Wildman–Crippen MR) is 59.0 cm³/mol. The number of rotatable bonds is 7. The van der Waals surface area contributed by atoms with Crippen LogP contribution in [-0.2, 0) is 0 Å². The summed E-state index contributed by atoms with van der Waals surface area (Å²) < 4.78 is 5.00. The van der Waals surface area contributed by atoms with Gasteiger partial charge < -0.3 is 10.2 Å². The molecule has 14 heavy (non-hydrogen) atoms. The molecule has 2 heteroatoms. The van der Waals surface area contributed by atoms with E-state index in [9.17, 15) is 0 Å². The first-order valence-electron chi connectivity index (χ1n) is 5.62. The lowest BCUT2D eigenvalue weighted by Crippen LogP contribution is -2.08. The minimum Gasteiger partial charge on any atom is -0.472 e. The van der Waals surface area contributed by atoms with Crippen LogP contribution in [0.3, 0.4) is 0 Å². The van der Waals surface area contributed by atoms with Gasteiger partial charge in [0.1, 0.15) is 0 Å². The van der Waals surface area contributed by atoms with E-state index < -0.39 is 0 Å². The molecule has 0 radical (unpaired) electrons. The van der Waals surface area contributed by atoms with Crippen molar-refractivity contribution in [2.24, 2.45) is 5.73 Å². The number of unbranched alkanes of at least 4 members (excludes halogenated alkanes) is 4. The summed E-state index contributed by atoms with van der Waals surface area (Å²) in [4.78, 5) is 0. The number of furan rings is 1. The summed E-state index contributed by atoms with van der Waals surface area (Å²) in [6.45, 7) is 2.23. The van der Waals surface area contributed by atoms with Crippen LogP contribution in [0.5, 0.6) is 0 Å². The fourth-order valence-corrected chi connectivity index (χ4v) is 1.62. The second-order valence-corrected chi connectivity index (χ2v) is 3.87. The van der Waals surface area contributed by atoms with Crippen LogP contribution in [-0.4, -0.2) is 0 Å². The monoisotopic (exact) mass is 195 g/mol. The lowest BCUT2D eigenvalue weighted by atomic mass is 10.0. The smallest absolute Gasteiger partial charge is 0.0950 e. The molecule has 1 heterocycles. The molecule has 2 N–H and O–H groups in total. The van der Waals surface area contributed by atoms with E-state index in [0.29, 0.717) is 0 Å². The van der Waals surface area contributed by atoms with E-state index in [1.54, 1.807) is 12.5 Å². The summed E-state index contributed by atoms with van der Waals surface area (Å²) in [6, 6.07) is 2.12. The maximum Gasteiger partial charge on any atom is 0.0950 e. The van der Waals surface area contributed by atoms with Crippen LogP contribution < -0.4 is 5.73 Å². The largest absolute Gasteiger partial charge is 0.472 e. The Labute approximate surface area is 86.5 Å². The molecule has 0 aliphatic rings. The summed E-state index contributed by atoms with van der Waals surface area (Å²) in [5.41, 5.74) is 7.12. The molecule has 0 saturated heterocycles. The second-order valence-electron chi connectivity index (χ2n) is 3.87. The Kier molecular flexibility index (Phi) is 5.38. The van der Waals surface area contributed by atoms with Gasteiger partial charge in [-0.25, -0.2) is 0 Å². The maximum atomic E-state index is 5.99. The lowest BCUT2D eigenvalue weighted by Gasteiger charge is -2.08. The van der Waals surface area contributed by atoms with Crippen molar-refractivity contribution in [3.63, 3.8) is 0 Å². The Morgan fingerprint density at radius 1 is 1.29 bits per heavy atom. The van der Waals surface area contributed by atoms with Crippen molar-refractivity contribution in [3.05, 3.63) is 24.2 Å². The van der Waals surface area contributed by atoms with Crippen LogP contribution in [0.1, 0.15) is 57.1 Å². The molecular weight excluding hydrogens is 174 g/mol. The molecule has 1 aromatic heterocycles. The summed E-state index contributed by atoms with van der Waals surface area (Å²) >= 11 is 0. The van der Waals surface area contributed by atoms with Gasteiger partial charge in [0, 0.05) is 11.6 Å². The van der Waals surface area contributed by atoms with Gasteiger partial charge >= 0.3 is 0 Å². The molecule has 0 spiro atoms. The highest BCUT2D eigenvalue weighted by atomic mass is 16.3. The molecule has 1 rings (SSSR count). The predicted octanol–water partition coefficient (Wildman–Crippen LogP) is 3.64. The van der Waals surface area contributed by atoms with E-state index in [1.165, 1.54) is 32.1 Å². The van der Waals surface area contributed by atoms with E-state index >= 15 is 0 Å². The Hall–Kier alpha value is -0.760. The lowest BCUT2D eigenvalue weighted by molar-refractivity contribution is 0.535. The Bertz CT molecular complexity index is 218. The van der Waals surface area contributed by atoms with E-state index in [1.807, 2.05) is 6.07 Å². The standard InChI is InChI=1S/C12H21NO/c1-2-3-4-5-6-7-12(13)11-8-9-14-10-11/h8-10,12H,2-7,13H2,1H3. The highest BCUT2D eigenvalue weighted by molar-refractivity contribution is 5.10. The zero-order valence-corrected chi connectivity index (χ0v) is 9.04. The minimum absolute atomic E-state index is 0.162. The number of nitrogens with two attached hydrogens (primary N) is 1. The summed E-state index contributed by atoms with van der Waals surface area (Å²) in [5.74, 6) is 0.